The quantitative estimate of drug-likeness (QED) is 0.940. The minimum Gasteiger partial charge on any atom is -0.486 e. The highest BCUT2D eigenvalue weighted by atomic mass is 16.6. The zero-order chi connectivity index (χ0) is 16.1. The van der Waals surface area contributed by atoms with E-state index in [0.29, 0.717) is 43.5 Å². The van der Waals surface area contributed by atoms with Crippen molar-refractivity contribution in [2.24, 2.45) is 0 Å². The molecule has 1 heterocycles. The molecule has 2 aromatic carbocycles. The van der Waals surface area contributed by atoms with E-state index >= 15 is 0 Å². The van der Waals surface area contributed by atoms with Crippen LogP contribution >= 0.6 is 0 Å². The number of carbonyl (C=O) groups excluding carboxylic acids is 1. The number of nitrogens with zero attached hydrogens (tertiary/aromatic N) is 1. The van der Waals surface area contributed by atoms with Crippen molar-refractivity contribution < 1.29 is 14.3 Å². The first-order chi connectivity index (χ1) is 11.3. The molecule has 0 aliphatic carbocycles. The van der Waals surface area contributed by atoms with Crippen LogP contribution < -0.4 is 14.8 Å². The summed E-state index contributed by atoms with van der Waals surface area (Å²) in [4.78, 5) is 14.2. The van der Waals surface area contributed by atoms with Gasteiger partial charge in [0.05, 0.1) is 0 Å². The molecule has 0 bridgehead atoms. The Labute approximate surface area is 135 Å². The predicted molar refractivity (Wildman–Crippen MR) is 89.0 cm³/mol. The molecule has 3 rings (SSSR count). The summed E-state index contributed by atoms with van der Waals surface area (Å²) in [7, 11) is 0. The zero-order valence-electron chi connectivity index (χ0n) is 13.1. The maximum Gasteiger partial charge on any atom is 0.322 e. The van der Waals surface area contributed by atoms with E-state index in [-0.39, 0.29) is 6.03 Å². The lowest BCUT2D eigenvalue weighted by atomic mass is 10.2. The van der Waals surface area contributed by atoms with Crippen LogP contribution in [0.3, 0.4) is 0 Å². The maximum atomic E-state index is 12.5. The van der Waals surface area contributed by atoms with Crippen LogP contribution in [0.15, 0.2) is 48.5 Å². The van der Waals surface area contributed by atoms with E-state index in [1.165, 1.54) is 0 Å². The van der Waals surface area contributed by atoms with Gasteiger partial charge in [-0.25, -0.2) is 4.79 Å². The molecule has 0 fully saturated rings. The molecule has 2 aromatic rings. The van der Waals surface area contributed by atoms with E-state index < -0.39 is 0 Å². The molecule has 0 unspecified atom stereocenters. The molecule has 0 aromatic heterocycles. The molecule has 5 heteroatoms. The molecule has 23 heavy (non-hydrogen) atoms. The van der Waals surface area contributed by atoms with Crippen molar-refractivity contribution in [1.29, 1.82) is 0 Å². The number of hydrogen-bond donors (Lipinski definition) is 1. The highest BCUT2D eigenvalue weighted by Gasteiger charge is 2.15. The van der Waals surface area contributed by atoms with Crippen LogP contribution in [-0.2, 0) is 6.54 Å². The molecule has 120 valence electrons. The van der Waals surface area contributed by atoms with Gasteiger partial charge in [0, 0.05) is 24.8 Å². The number of fused-ring (bicyclic) bond motifs is 1. The highest BCUT2D eigenvalue weighted by molar-refractivity contribution is 5.89. The molecule has 1 aliphatic rings. The number of carbonyl (C=O) groups is 1. The van der Waals surface area contributed by atoms with E-state index in [2.05, 4.69) is 5.32 Å². The number of urea groups is 1. The summed E-state index contributed by atoms with van der Waals surface area (Å²) in [5.74, 6) is 1.38. The van der Waals surface area contributed by atoms with Crippen LogP contribution in [0.1, 0.15) is 12.5 Å². The van der Waals surface area contributed by atoms with E-state index in [0.717, 1.165) is 5.56 Å². The third-order valence-electron chi connectivity index (χ3n) is 3.68. The molecule has 1 aliphatic heterocycles. The summed E-state index contributed by atoms with van der Waals surface area (Å²) in [6, 6.07) is 15.2. The van der Waals surface area contributed by atoms with Crippen LogP contribution in [0.5, 0.6) is 11.5 Å². The molecule has 5 nitrogen and oxygen atoms in total. The Bertz CT molecular complexity index is 673. The van der Waals surface area contributed by atoms with Crippen LogP contribution in [0, 0.1) is 0 Å². The Morgan fingerprint density at radius 1 is 1.09 bits per heavy atom. The topological polar surface area (TPSA) is 50.8 Å². The van der Waals surface area contributed by atoms with Gasteiger partial charge in [-0.3, -0.25) is 0 Å². The van der Waals surface area contributed by atoms with Crippen LogP contribution in [0.25, 0.3) is 0 Å². The van der Waals surface area contributed by atoms with Gasteiger partial charge in [0.15, 0.2) is 11.5 Å². The van der Waals surface area contributed by atoms with Crippen molar-refractivity contribution in [1.82, 2.24) is 4.90 Å². The van der Waals surface area contributed by atoms with Crippen molar-refractivity contribution in [3.05, 3.63) is 54.1 Å². The largest absolute Gasteiger partial charge is 0.486 e. The Morgan fingerprint density at radius 2 is 1.83 bits per heavy atom. The number of nitrogens with one attached hydrogen (secondary N) is 1. The molecular weight excluding hydrogens is 292 g/mol. The monoisotopic (exact) mass is 312 g/mol. The second-order valence-corrected chi connectivity index (χ2v) is 5.29. The van der Waals surface area contributed by atoms with E-state index in [1.54, 1.807) is 11.0 Å². The Balaban J connectivity index is 1.67. The predicted octanol–water partition coefficient (Wildman–Crippen LogP) is 3.51. The first kappa shape index (κ1) is 15.2. The van der Waals surface area contributed by atoms with Gasteiger partial charge in [0.2, 0.25) is 0 Å². The molecule has 0 saturated heterocycles. The number of hydrogen-bond acceptors (Lipinski definition) is 3. The fourth-order valence-corrected chi connectivity index (χ4v) is 2.45. The third-order valence-corrected chi connectivity index (χ3v) is 3.68. The molecule has 1 N–H and O–H groups in total. The second kappa shape index (κ2) is 7.05. The molecule has 0 atom stereocenters. The first-order valence-electron chi connectivity index (χ1n) is 7.76. The zero-order valence-corrected chi connectivity index (χ0v) is 13.1. The Kier molecular flexibility index (Phi) is 4.66. The summed E-state index contributed by atoms with van der Waals surface area (Å²) in [5, 5.41) is 2.91. The van der Waals surface area contributed by atoms with Crippen LogP contribution in [-0.4, -0.2) is 30.7 Å². The highest BCUT2D eigenvalue weighted by Crippen LogP contribution is 2.32. The van der Waals surface area contributed by atoms with E-state index in [9.17, 15) is 4.79 Å². The van der Waals surface area contributed by atoms with Crippen molar-refractivity contribution in [3.8, 4) is 11.5 Å². The van der Waals surface area contributed by atoms with Gasteiger partial charge in [-0.1, -0.05) is 30.3 Å². The maximum absolute atomic E-state index is 12.5. The van der Waals surface area contributed by atoms with Gasteiger partial charge in [0.25, 0.3) is 0 Å². The van der Waals surface area contributed by atoms with Gasteiger partial charge in [-0.2, -0.15) is 0 Å². The van der Waals surface area contributed by atoms with E-state index in [1.807, 2.05) is 49.4 Å². The summed E-state index contributed by atoms with van der Waals surface area (Å²) < 4.78 is 11.0. The Morgan fingerprint density at radius 3 is 2.57 bits per heavy atom. The third kappa shape index (κ3) is 3.74. The number of ether oxygens (including phenoxy) is 2. The van der Waals surface area contributed by atoms with Crippen molar-refractivity contribution in [3.63, 3.8) is 0 Å². The number of rotatable bonds is 4. The summed E-state index contributed by atoms with van der Waals surface area (Å²) in [6.07, 6.45) is 0. The number of benzene rings is 2. The summed E-state index contributed by atoms with van der Waals surface area (Å²) in [6.45, 7) is 4.25. The summed E-state index contributed by atoms with van der Waals surface area (Å²) >= 11 is 0. The first-order valence-corrected chi connectivity index (χ1v) is 7.76. The molecule has 0 radical (unpaired) electrons. The average Bonchev–Trinajstić information content (AvgIpc) is 2.60. The standard InChI is InChI=1S/C18H20N2O3/c1-2-20(13-14-6-4-3-5-7-14)18(21)19-15-8-9-16-17(12-15)23-11-10-22-16/h3-9,12H,2,10-11,13H2,1H3,(H,19,21). The second-order valence-electron chi connectivity index (χ2n) is 5.29. The van der Waals surface area contributed by atoms with Crippen molar-refractivity contribution in [2.45, 2.75) is 13.5 Å². The van der Waals surface area contributed by atoms with Crippen molar-refractivity contribution >= 4 is 11.7 Å². The lowest BCUT2D eigenvalue weighted by Crippen LogP contribution is -2.34. The SMILES string of the molecule is CCN(Cc1ccccc1)C(=O)Nc1ccc2c(c1)OCCO2. The lowest BCUT2D eigenvalue weighted by molar-refractivity contribution is 0.171. The van der Waals surface area contributed by atoms with Gasteiger partial charge in [-0.15, -0.1) is 0 Å². The molecule has 0 spiro atoms. The number of anilines is 1. The molecule has 0 saturated carbocycles. The van der Waals surface area contributed by atoms with Crippen LogP contribution in [0.2, 0.25) is 0 Å². The minimum absolute atomic E-state index is 0.131. The van der Waals surface area contributed by atoms with Gasteiger partial charge in [0.1, 0.15) is 13.2 Å². The fourth-order valence-electron chi connectivity index (χ4n) is 2.45. The fraction of sp³-hybridized carbons (Fsp3) is 0.278. The summed E-state index contributed by atoms with van der Waals surface area (Å²) in [5.41, 5.74) is 1.80. The van der Waals surface area contributed by atoms with E-state index in [4.69, 9.17) is 9.47 Å². The van der Waals surface area contributed by atoms with Gasteiger partial charge in [-0.05, 0) is 24.6 Å². The van der Waals surface area contributed by atoms with Crippen molar-refractivity contribution in [2.75, 3.05) is 25.1 Å². The normalized spacial score (nSPS) is 12.6. The smallest absolute Gasteiger partial charge is 0.322 e. The minimum atomic E-state index is -0.131. The van der Waals surface area contributed by atoms with Gasteiger partial charge >= 0.3 is 6.03 Å². The molecule has 2 amide bonds. The van der Waals surface area contributed by atoms with Gasteiger partial charge < -0.3 is 19.7 Å². The molecular formula is C18H20N2O3. The average molecular weight is 312 g/mol. The number of amides is 2. The lowest BCUT2D eigenvalue weighted by Gasteiger charge is -2.23. The van der Waals surface area contributed by atoms with Crippen LogP contribution in [0.4, 0.5) is 10.5 Å². The Hall–Kier alpha value is -2.69.